The number of ketones is 1. The van der Waals surface area contributed by atoms with E-state index in [4.69, 9.17) is 4.74 Å². The van der Waals surface area contributed by atoms with Gasteiger partial charge in [0, 0.05) is 6.20 Å². The summed E-state index contributed by atoms with van der Waals surface area (Å²) >= 11 is 3.06. The number of benzene rings is 1. The third-order valence-corrected chi connectivity index (χ3v) is 3.39. The van der Waals surface area contributed by atoms with E-state index >= 15 is 0 Å². The Bertz CT molecular complexity index is 779. The molecule has 21 heavy (non-hydrogen) atoms. The van der Waals surface area contributed by atoms with Gasteiger partial charge in [-0.2, -0.15) is 0 Å². The fourth-order valence-electron chi connectivity index (χ4n) is 1.79. The average molecular weight is 353 g/mol. The smallest absolute Gasteiger partial charge is 0.328 e. The molecule has 0 aliphatic rings. The fraction of sp³-hybridized carbons (Fsp3) is 0.214. The highest BCUT2D eigenvalue weighted by atomic mass is 79.9. The van der Waals surface area contributed by atoms with Crippen LogP contribution in [0.2, 0.25) is 0 Å². The monoisotopic (exact) mass is 352 g/mol. The number of carbonyl (C=O) groups is 1. The Balaban J connectivity index is 2.09. The van der Waals surface area contributed by atoms with Crippen LogP contribution in [0.25, 0.3) is 0 Å². The molecule has 0 saturated carbocycles. The number of aromatic nitrogens is 2. The molecule has 110 valence electrons. The number of hydrogen-bond acceptors (Lipinski definition) is 4. The maximum atomic E-state index is 11.6. The van der Waals surface area contributed by atoms with Crippen LogP contribution in [0.15, 0.2) is 44.5 Å². The van der Waals surface area contributed by atoms with Crippen LogP contribution in [0.1, 0.15) is 17.3 Å². The van der Waals surface area contributed by atoms with Crippen molar-refractivity contribution in [2.45, 2.75) is 13.5 Å². The molecule has 0 amide bonds. The lowest BCUT2D eigenvalue weighted by Gasteiger charge is -2.10. The summed E-state index contributed by atoms with van der Waals surface area (Å²) in [5.74, 6) is 0.385. The van der Waals surface area contributed by atoms with Crippen LogP contribution in [-0.4, -0.2) is 21.9 Å². The van der Waals surface area contributed by atoms with Gasteiger partial charge >= 0.3 is 5.69 Å². The van der Waals surface area contributed by atoms with Gasteiger partial charge in [-0.3, -0.25) is 19.1 Å². The number of carbonyl (C=O) groups excluding carboxylic acids is 1. The van der Waals surface area contributed by atoms with Crippen LogP contribution >= 0.6 is 15.9 Å². The van der Waals surface area contributed by atoms with E-state index in [9.17, 15) is 14.4 Å². The van der Waals surface area contributed by atoms with Gasteiger partial charge in [-0.15, -0.1) is 0 Å². The van der Waals surface area contributed by atoms with Gasteiger partial charge in [0.15, 0.2) is 5.78 Å². The topological polar surface area (TPSA) is 81.2 Å². The first-order chi connectivity index (χ1) is 9.99. The summed E-state index contributed by atoms with van der Waals surface area (Å²) < 4.78 is 7.13. The minimum atomic E-state index is -0.508. The van der Waals surface area contributed by atoms with E-state index in [2.05, 4.69) is 20.9 Å². The first-order valence-electron chi connectivity index (χ1n) is 6.21. The van der Waals surface area contributed by atoms with Crippen molar-refractivity contribution in [3.05, 3.63) is 61.3 Å². The van der Waals surface area contributed by atoms with Crippen LogP contribution in [0, 0.1) is 0 Å². The molecule has 0 radical (unpaired) electrons. The normalized spacial score (nSPS) is 10.4. The molecule has 7 heteroatoms. The largest absolute Gasteiger partial charge is 0.491 e. The molecule has 1 aromatic heterocycles. The second kappa shape index (κ2) is 6.53. The van der Waals surface area contributed by atoms with Gasteiger partial charge in [0.25, 0.3) is 5.56 Å². The molecule has 0 unspecified atom stereocenters. The van der Waals surface area contributed by atoms with E-state index in [1.54, 1.807) is 24.3 Å². The second-order valence-corrected chi connectivity index (χ2v) is 5.18. The van der Waals surface area contributed by atoms with Crippen LogP contribution < -0.4 is 16.0 Å². The Morgan fingerprint density at radius 2 is 2.05 bits per heavy atom. The van der Waals surface area contributed by atoms with Crippen molar-refractivity contribution in [2.75, 3.05) is 6.61 Å². The molecule has 1 N–H and O–H groups in total. The van der Waals surface area contributed by atoms with E-state index in [-0.39, 0.29) is 23.4 Å². The van der Waals surface area contributed by atoms with E-state index in [0.29, 0.717) is 11.3 Å². The molecule has 0 aliphatic heterocycles. The summed E-state index contributed by atoms with van der Waals surface area (Å²) in [6.45, 7) is 1.91. The summed E-state index contributed by atoms with van der Waals surface area (Å²) in [7, 11) is 0. The lowest BCUT2D eigenvalue weighted by molar-refractivity contribution is 0.101. The lowest BCUT2D eigenvalue weighted by atomic mass is 10.1. The predicted molar refractivity (Wildman–Crippen MR) is 81.0 cm³/mol. The Hall–Kier alpha value is -2.15. The maximum absolute atomic E-state index is 11.6. The zero-order chi connectivity index (χ0) is 15.4. The Morgan fingerprint density at radius 1 is 1.33 bits per heavy atom. The number of rotatable bonds is 5. The predicted octanol–water partition coefficient (Wildman–Crippen LogP) is 1.58. The first kappa shape index (κ1) is 15.2. The van der Waals surface area contributed by atoms with Crippen LogP contribution in [0.3, 0.4) is 0 Å². The molecule has 0 spiro atoms. The van der Waals surface area contributed by atoms with Crippen LogP contribution in [-0.2, 0) is 6.54 Å². The number of hydrogen-bond donors (Lipinski definition) is 1. The third kappa shape index (κ3) is 3.69. The minimum absolute atomic E-state index is 0.0884. The molecule has 6 nitrogen and oxygen atoms in total. The summed E-state index contributed by atoms with van der Waals surface area (Å²) in [6.07, 6.45) is 1.40. The average Bonchev–Trinajstić information content (AvgIpc) is 2.44. The molecule has 1 aromatic carbocycles. The SMILES string of the molecule is CC(=O)c1ccccc1OCCn1cc(Br)c(=O)[nH]c1=O. The molecule has 0 bridgehead atoms. The maximum Gasteiger partial charge on any atom is 0.328 e. The number of aromatic amines is 1. The summed E-state index contributed by atoms with van der Waals surface area (Å²) in [5.41, 5.74) is -0.488. The third-order valence-electron chi connectivity index (χ3n) is 2.82. The lowest BCUT2D eigenvalue weighted by Crippen LogP contribution is -2.31. The van der Waals surface area contributed by atoms with Gasteiger partial charge in [0.2, 0.25) is 0 Å². The van der Waals surface area contributed by atoms with Gasteiger partial charge in [-0.25, -0.2) is 4.79 Å². The van der Waals surface area contributed by atoms with Crippen molar-refractivity contribution in [3.63, 3.8) is 0 Å². The molecular weight excluding hydrogens is 340 g/mol. The number of nitrogens with one attached hydrogen (secondary N) is 1. The number of Topliss-reactive ketones (excluding diaryl/α,β-unsaturated/α-hetero) is 1. The molecule has 0 aliphatic carbocycles. The zero-order valence-electron chi connectivity index (χ0n) is 11.3. The molecule has 0 atom stereocenters. The fourth-order valence-corrected chi connectivity index (χ4v) is 2.13. The van der Waals surface area contributed by atoms with E-state index in [0.717, 1.165) is 0 Å². The van der Waals surface area contributed by atoms with Gasteiger partial charge in [-0.1, -0.05) is 12.1 Å². The van der Waals surface area contributed by atoms with Crippen molar-refractivity contribution in [3.8, 4) is 5.75 Å². The summed E-state index contributed by atoms with van der Waals surface area (Å²) in [4.78, 5) is 36.4. The molecule has 2 rings (SSSR count). The van der Waals surface area contributed by atoms with Gasteiger partial charge in [0.05, 0.1) is 16.6 Å². The Morgan fingerprint density at radius 3 is 2.76 bits per heavy atom. The van der Waals surface area contributed by atoms with E-state index in [1.165, 1.54) is 17.7 Å². The van der Waals surface area contributed by atoms with Crippen molar-refractivity contribution >= 4 is 21.7 Å². The standard InChI is InChI=1S/C14H13BrN2O4/c1-9(18)10-4-2-3-5-12(10)21-7-6-17-8-11(15)13(19)16-14(17)20/h2-5,8H,6-7H2,1H3,(H,16,19,20). The number of nitrogens with zero attached hydrogens (tertiary/aromatic N) is 1. The number of H-pyrrole nitrogens is 1. The summed E-state index contributed by atoms with van der Waals surface area (Å²) in [6, 6.07) is 6.90. The first-order valence-corrected chi connectivity index (χ1v) is 7.00. The molecule has 2 aromatic rings. The highest BCUT2D eigenvalue weighted by Gasteiger charge is 2.07. The van der Waals surface area contributed by atoms with Crippen molar-refractivity contribution < 1.29 is 9.53 Å². The quantitative estimate of drug-likeness (QED) is 0.828. The summed E-state index contributed by atoms with van der Waals surface area (Å²) in [5, 5.41) is 0. The van der Waals surface area contributed by atoms with Crippen molar-refractivity contribution in [2.24, 2.45) is 0 Å². The molecule has 0 fully saturated rings. The molecular formula is C14H13BrN2O4. The number of ether oxygens (including phenoxy) is 1. The highest BCUT2D eigenvalue weighted by molar-refractivity contribution is 9.10. The van der Waals surface area contributed by atoms with Crippen molar-refractivity contribution in [1.29, 1.82) is 0 Å². The van der Waals surface area contributed by atoms with E-state index in [1.807, 2.05) is 0 Å². The minimum Gasteiger partial charge on any atom is -0.491 e. The molecule has 0 saturated heterocycles. The number of para-hydroxylation sites is 1. The zero-order valence-corrected chi connectivity index (χ0v) is 12.8. The van der Waals surface area contributed by atoms with Crippen molar-refractivity contribution in [1.82, 2.24) is 9.55 Å². The van der Waals surface area contributed by atoms with Crippen LogP contribution in [0.5, 0.6) is 5.75 Å². The number of halogens is 1. The van der Waals surface area contributed by atoms with Gasteiger partial charge in [-0.05, 0) is 35.0 Å². The van der Waals surface area contributed by atoms with E-state index < -0.39 is 11.2 Å². The molecule has 1 heterocycles. The van der Waals surface area contributed by atoms with Gasteiger partial charge in [0.1, 0.15) is 12.4 Å². The Labute approximate surface area is 128 Å². The Kier molecular flexibility index (Phi) is 4.74. The van der Waals surface area contributed by atoms with Gasteiger partial charge < -0.3 is 4.74 Å². The second-order valence-electron chi connectivity index (χ2n) is 4.33. The van der Waals surface area contributed by atoms with Crippen LogP contribution in [0.4, 0.5) is 0 Å². The highest BCUT2D eigenvalue weighted by Crippen LogP contribution is 2.18.